The van der Waals surface area contributed by atoms with Crippen LogP contribution in [0.15, 0.2) is 18.2 Å². The number of rotatable bonds is 3. The van der Waals surface area contributed by atoms with Crippen LogP contribution in [0.4, 0.5) is 17.6 Å². The van der Waals surface area contributed by atoms with Crippen LogP contribution >= 0.6 is 22.6 Å². The molecule has 1 heterocycles. The van der Waals surface area contributed by atoms with Crippen molar-refractivity contribution in [3.05, 3.63) is 52.3 Å². The van der Waals surface area contributed by atoms with Crippen LogP contribution in [-0.2, 0) is 10.5 Å². The van der Waals surface area contributed by atoms with Crippen LogP contribution in [0.2, 0.25) is 0 Å². The summed E-state index contributed by atoms with van der Waals surface area (Å²) in [5.41, 5.74) is 1.11. The molecule has 108 valence electrons. The van der Waals surface area contributed by atoms with Gasteiger partial charge in [0.1, 0.15) is 5.69 Å². The van der Waals surface area contributed by atoms with Crippen molar-refractivity contribution in [2.24, 2.45) is 0 Å². The molecule has 0 unspecified atom stereocenters. The summed E-state index contributed by atoms with van der Waals surface area (Å²) >= 11 is 1.02. The summed E-state index contributed by atoms with van der Waals surface area (Å²) in [6.45, 7) is 3.33. The SMILES string of the molecule is Cc1c(C(F)(F)I)nn(Cc2ccc(F)c(F)c2)c1C. The molecule has 1 aromatic carbocycles. The van der Waals surface area contributed by atoms with Crippen molar-refractivity contribution < 1.29 is 17.6 Å². The zero-order chi connectivity index (χ0) is 15.1. The van der Waals surface area contributed by atoms with E-state index in [-0.39, 0.29) is 12.2 Å². The molecule has 0 spiro atoms. The maximum atomic E-state index is 13.4. The number of halogens is 5. The number of nitrogens with zero attached hydrogens (tertiary/aromatic N) is 2. The van der Waals surface area contributed by atoms with E-state index < -0.39 is 15.6 Å². The molecule has 1 aromatic heterocycles. The third-order valence-electron chi connectivity index (χ3n) is 3.09. The first-order valence-corrected chi connectivity index (χ1v) is 6.83. The predicted molar refractivity (Wildman–Crippen MR) is 75.1 cm³/mol. The maximum Gasteiger partial charge on any atom is 0.340 e. The highest BCUT2D eigenvalue weighted by atomic mass is 127. The van der Waals surface area contributed by atoms with E-state index in [2.05, 4.69) is 5.10 Å². The molecule has 0 aliphatic carbocycles. The molecule has 0 radical (unpaired) electrons. The first kappa shape index (κ1) is 15.3. The van der Waals surface area contributed by atoms with Gasteiger partial charge in [0.25, 0.3) is 0 Å². The smallest absolute Gasteiger partial charge is 0.265 e. The Morgan fingerprint density at radius 1 is 1.20 bits per heavy atom. The zero-order valence-electron chi connectivity index (χ0n) is 10.7. The van der Waals surface area contributed by atoms with E-state index in [1.54, 1.807) is 13.8 Å². The van der Waals surface area contributed by atoms with Gasteiger partial charge in [-0.2, -0.15) is 13.9 Å². The highest BCUT2D eigenvalue weighted by Gasteiger charge is 2.33. The Morgan fingerprint density at radius 3 is 2.35 bits per heavy atom. The lowest BCUT2D eigenvalue weighted by atomic mass is 10.2. The fourth-order valence-corrected chi connectivity index (χ4v) is 2.38. The van der Waals surface area contributed by atoms with Gasteiger partial charge in [0.2, 0.25) is 0 Å². The third kappa shape index (κ3) is 2.97. The van der Waals surface area contributed by atoms with Gasteiger partial charge in [-0.3, -0.25) is 4.68 Å². The molecule has 7 heteroatoms. The molecule has 0 aliphatic rings. The van der Waals surface area contributed by atoms with Crippen LogP contribution in [-0.4, -0.2) is 9.78 Å². The average Bonchev–Trinajstić information content (AvgIpc) is 2.62. The number of hydrogen-bond donors (Lipinski definition) is 0. The molecule has 2 aromatic rings. The molecule has 2 rings (SSSR count). The Hall–Kier alpha value is -1.12. The highest BCUT2D eigenvalue weighted by molar-refractivity contribution is 14.1. The summed E-state index contributed by atoms with van der Waals surface area (Å²) in [6.07, 6.45) is 0. The third-order valence-corrected chi connectivity index (χ3v) is 3.60. The minimum absolute atomic E-state index is 0.108. The number of alkyl halides is 3. The minimum atomic E-state index is -3.06. The molecule has 20 heavy (non-hydrogen) atoms. The Morgan fingerprint density at radius 2 is 1.85 bits per heavy atom. The Labute approximate surface area is 126 Å². The van der Waals surface area contributed by atoms with Gasteiger partial charge in [0.15, 0.2) is 11.6 Å². The standard InChI is InChI=1S/C13H11F4IN2/c1-7-8(2)20(19-12(7)13(16,17)18)6-9-3-4-10(14)11(15)5-9/h3-5H,6H2,1-2H3. The number of benzene rings is 1. The fraction of sp³-hybridized carbons (Fsp3) is 0.308. The van der Waals surface area contributed by atoms with Gasteiger partial charge < -0.3 is 0 Å². The lowest BCUT2D eigenvalue weighted by Crippen LogP contribution is -2.08. The van der Waals surface area contributed by atoms with E-state index in [9.17, 15) is 17.6 Å². The first-order chi connectivity index (χ1) is 9.20. The normalized spacial score (nSPS) is 11.9. The maximum absolute atomic E-state index is 13.4. The summed E-state index contributed by atoms with van der Waals surface area (Å²) in [6, 6.07) is 3.44. The van der Waals surface area contributed by atoms with E-state index in [4.69, 9.17) is 0 Å². The Balaban J connectivity index is 2.37. The Bertz CT molecular complexity index is 647. The van der Waals surface area contributed by atoms with E-state index in [0.29, 0.717) is 16.8 Å². The monoisotopic (exact) mass is 398 g/mol. The van der Waals surface area contributed by atoms with Crippen molar-refractivity contribution in [3.63, 3.8) is 0 Å². The van der Waals surface area contributed by atoms with Gasteiger partial charge in [0.05, 0.1) is 6.54 Å². The molecular weight excluding hydrogens is 387 g/mol. The van der Waals surface area contributed by atoms with Crippen molar-refractivity contribution in [1.29, 1.82) is 0 Å². The molecule has 2 nitrogen and oxygen atoms in total. The van der Waals surface area contributed by atoms with Crippen molar-refractivity contribution in [2.75, 3.05) is 0 Å². The molecule has 0 saturated carbocycles. The van der Waals surface area contributed by atoms with Crippen molar-refractivity contribution in [2.45, 2.75) is 24.3 Å². The van der Waals surface area contributed by atoms with Crippen molar-refractivity contribution in [3.8, 4) is 0 Å². The second kappa shape index (κ2) is 5.34. The highest BCUT2D eigenvalue weighted by Crippen LogP contribution is 2.37. The van der Waals surface area contributed by atoms with E-state index in [1.165, 1.54) is 10.7 Å². The molecule has 0 fully saturated rings. The molecule has 0 atom stereocenters. The number of hydrogen-bond acceptors (Lipinski definition) is 1. The molecule has 0 aliphatic heterocycles. The molecule has 0 N–H and O–H groups in total. The van der Waals surface area contributed by atoms with Gasteiger partial charge in [-0.1, -0.05) is 6.07 Å². The minimum Gasteiger partial charge on any atom is -0.265 e. The quantitative estimate of drug-likeness (QED) is 0.428. The molecular formula is C13H11F4IN2. The summed E-state index contributed by atoms with van der Waals surface area (Å²) in [4.78, 5) is 0. The molecule has 0 bridgehead atoms. The van der Waals surface area contributed by atoms with Crippen molar-refractivity contribution >= 4 is 22.6 Å². The van der Waals surface area contributed by atoms with Gasteiger partial charge >= 0.3 is 3.93 Å². The summed E-state index contributed by atoms with van der Waals surface area (Å²) in [5.74, 6) is -1.91. The van der Waals surface area contributed by atoms with Gasteiger partial charge in [0, 0.05) is 33.8 Å². The van der Waals surface area contributed by atoms with Crippen LogP contribution in [0.1, 0.15) is 22.5 Å². The second-order valence-corrected chi connectivity index (χ2v) is 5.82. The average molecular weight is 398 g/mol. The summed E-state index contributed by atoms with van der Waals surface area (Å²) in [7, 11) is 0. The van der Waals surface area contributed by atoms with Gasteiger partial charge in [-0.05, 0) is 31.5 Å². The van der Waals surface area contributed by atoms with Gasteiger partial charge in [-0.15, -0.1) is 0 Å². The van der Waals surface area contributed by atoms with Crippen LogP contribution in [0.5, 0.6) is 0 Å². The second-order valence-electron chi connectivity index (χ2n) is 4.46. The number of aromatic nitrogens is 2. The van der Waals surface area contributed by atoms with Crippen LogP contribution in [0.3, 0.4) is 0 Å². The first-order valence-electron chi connectivity index (χ1n) is 5.75. The Kier molecular flexibility index (Phi) is 4.08. The summed E-state index contributed by atoms with van der Waals surface area (Å²) < 4.78 is 51.0. The molecule has 0 saturated heterocycles. The van der Waals surface area contributed by atoms with Crippen molar-refractivity contribution in [1.82, 2.24) is 9.78 Å². The van der Waals surface area contributed by atoms with E-state index in [0.717, 1.165) is 34.7 Å². The predicted octanol–water partition coefficient (Wildman–Crippen LogP) is 4.31. The van der Waals surface area contributed by atoms with E-state index >= 15 is 0 Å². The molecule has 0 amide bonds. The fourth-order valence-electron chi connectivity index (χ4n) is 1.87. The lowest BCUT2D eigenvalue weighted by Gasteiger charge is -2.06. The zero-order valence-corrected chi connectivity index (χ0v) is 12.9. The summed E-state index contributed by atoms with van der Waals surface area (Å²) in [5, 5.41) is 3.87. The van der Waals surface area contributed by atoms with Gasteiger partial charge in [-0.25, -0.2) is 8.78 Å². The van der Waals surface area contributed by atoms with Crippen LogP contribution in [0, 0.1) is 25.5 Å². The lowest BCUT2D eigenvalue weighted by molar-refractivity contribution is 0.120. The van der Waals surface area contributed by atoms with Crippen LogP contribution in [0.25, 0.3) is 0 Å². The topological polar surface area (TPSA) is 17.8 Å². The van der Waals surface area contributed by atoms with E-state index in [1.807, 2.05) is 0 Å². The largest absolute Gasteiger partial charge is 0.340 e. The van der Waals surface area contributed by atoms with Crippen LogP contribution < -0.4 is 0 Å².